The summed E-state index contributed by atoms with van der Waals surface area (Å²) in [6, 6.07) is 12.1. The zero-order chi connectivity index (χ0) is 18.0. The molecule has 1 aliphatic heterocycles. The van der Waals surface area contributed by atoms with Crippen LogP contribution in [-0.4, -0.2) is 15.9 Å². The first-order valence-corrected chi connectivity index (χ1v) is 7.23. The second kappa shape index (κ2) is 6.40. The van der Waals surface area contributed by atoms with E-state index in [-0.39, 0.29) is 22.6 Å². The number of benzene rings is 2. The highest BCUT2D eigenvalue weighted by atomic mass is 16.6. The van der Waals surface area contributed by atoms with E-state index >= 15 is 0 Å². The van der Waals surface area contributed by atoms with Gasteiger partial charge < -0.3 is 10.6 Å². The van der Waals surface area contributed by atoms with Gasteiger partial charge in [-0.3, -0.25) is 20.2 Å². The second-order valence-corrected chi connectivity index (χ2v) is 5.27. The van der Waals surface area contributed by atoms with Crippen LogP contribution in [0.25, 0.3) is 5.70 Å². The fourth-order valence-corrected chi connectivity index (χ4v) is 2.64. The smallest absolute Gasteiger partial charge is 0.320 e. The SMILES string of the molecule is O=C1NC(c2ccccc2)=C([N+](=O)[O-])C(c2cccc([N+](=O)[O-])c2)N1. The van der Waals surface area contributed by atoms with E-state index in [1.54, 1.807) is 30.3 Å². The molecule has 0 fully saturated rings. The molecule has 0 saturated heterocycles. The van der Waals surface area contributed by atoms with Crippen LogP contribution in [0.2, 0.25) is 0 Å². The van der Waals surface area contributed by atoms with E-state index in [0.29, 0.717) is 5.56 Å². The number of carbonyl (C=O) groups is 1. The lowest BCUT2D eigenvalue weighted by Gasteiger charge is -2.25. The average Bonchev–Trinajstić information content (AvgIpc) is 2.61. The number of hydrogen-bond donors (Lipinski definition) is 2. The van der Waals surface area contributed by atoms with Gasteiger partial charge >= 0.3 is 6.03 Å². The van der Waals surface area contributed by atoms with Crippen molar-refractivity contribution in [3.63, 3.8) is 0 Å². The molecule has 126 valence electrons. The van der Waals surface area contributed by atoms with Gasteiger partial charge in [-0.05, 0) is 5.56 Å². The number of hydrogen-bond acceptors (Lipinski definition) is 5. The molecule has 9 heteroatoms. The molecule has 0 bridgehead atoms. The van der Waals surface area contributed by atoms with Crippen LogP contribution in [0.5, 0.6) is 0 Å². The summed E-state index contributed by atoms with van der Waals surface area (Å²) in [5, 5.41) is 27.5. The lowest BCUT2D eigenvalue weighted by atomic mass is 9.97. The zero-order valence-electron chi connectivity index (χ0n) is 12.7. The minimum atomic E-state index is -1.11. The second-order valence-electron chi connectivity index (χ2n) is 5.27. The molecule has 0 spiro atoms. The Morgan fingerprint density at radius 3 is 2.28 bits per heavy atom. The van der Waals surface area contributed by atoms with Crippen LogP contribution in [0.1, 0.15) is 17.2 Å². The first-order valence-electron chi connectivity index (χ1n) is 7.23. The monoisotopic (exact) mass is 340 g/mol. The van der Waals surface area contributed by atoms with Crippen molar-refractivity contribution in [1.29, 1.82) is 0 Å². The van der Waals surface area contributed by atoms with Gasteiger partial charge in [0, 0.05) is 17.7 Å². The Bertz CT molecular complexity index is 894. The molecule has 9 nitrogen and oxygen atoms in total. The highest BCUT2D eigenvalue weighted by Crippen LogP contribution is 2.32. The van der Waals surface area contributed by atoms with Gasteiger partial charge in [0.2, 0.25) is 0 Å². The molecule has 25 heavy (non-hydrogen) atoms. The van der Waals surface area contributed by atoms with Gasteiger partial charge in [-0.15, -0.1) is 0 Å². The number of urea groups is 1. The lowest BCUT2D eigenvalue weighted by molar-refractivity contribution is -0.430. The molecular weight excluding hydrogens is 328 g/mol. The largest absolute Gasteiger partial charge is 0.321 e. The molecule has 0 aliphatic carbocycles. The molecule has 1 unspecified atom stereocenters. The maximum absolute atomic E-state index is 12.0. The first kappa shape index (κ1) is 16.1. The maximum atomic E-state index is 12.0. The maximum Gasteiger partial charge on any atom is 0.320 e. The number of amides is 2. The van der Waals surface area contributed by atoms with Crippen LogP contribution < -0.4 is 10.6 Å². The van der Waals surface area contributed by atoms with Crippen molar-refractivity contribution in [1.82, 2.24) is 10.6 Å². The number of nitro benzene ring substituents is 1. The minimum absolute atomic E-state index is 0.0610. The number of rotatable bonds is 4. The highest BCUT2D eigenvalue weighted by Gasteiger charge is 2.38. The van der Waals surface area contributed by atoms with Gasteiger partial charge in [-0.1, -0.05) is 42.5 Å². The average molecular weight is 340 g/mol. The quantitative estimate of drug-likeness (QED) is 0.653. The molecule has 1 heterocycles. The molecule has 2 amide bonds. The molecule has 3 rings (SSSR count). The third-order valence-corrected chi connectivity index (χ3v) is 3.72. The van der Waals surface area contributed by atoms with Crippen LogP contribution in [0.15, 0.2) is 60.3 Å². The summed E-state index contributed by atoms with van der Waals surface area (Å²) in [5.74, 6) is 0. The van der Waals surface area contributed by atoms with Gasteiger partial charge in [0.25, 0.3) is 11.4 Å². The summed E-state index contributed by atoms with van der Waals surface area (Å²) in [7, 11) is 0. The summed E-state index contributed by atoms with van der Waals surface area (Å²) in [5.41, 5.74) is 0.287. The van der Waals surface area contributed by atoms with Crippen LogP contribution in [0.4, 0.5) is 10.5 Å². The molecule has 2 aromatic rings. The Kier molecular flexibility index (Phi) is 4.12. The lowest BCUT2D eigenvalue weighted by Crippen LogP contribution is -2.45. The molecule has 0 saturated carbocycles. The summed E-state index contributed by atoms with van der Waals surface area (Å²) in [6.07, 6.45) is 0. The number of nitrogens with zero attached hydrogens (tertiary/aromatic N) is 2. The molecule has 2 N–H and O–H groups in total. The van der Waals surface area contributed by atoms with Crippen molar-refractivity contribution in [2.24, 2.45) is 0 Å². The van der Waals surface area contributed by atoms with E-state index in [4.69, 9.17) is 0 Å². The summed E-state index contributed by atoms with van der Waals surface area (Å²) >= 11 is 0. The predicted molar refractivity (Wildman–Crippen MR) is 87.9 cm³/mol. The highest BCUT2D eigenvalue weighted by molar-refractivity contribution is 5.89. The van der Waals surface area contributed by atoms with Crippen molar-refractivity contribution >= 4 is 17.4 Å². The Morgan fingerprint density at radius 2 is 1.64 bits per heavy atom. The van der Waals surface area contributed by atoms with Crippen molar-refractivity contribution in [2.45, 2.75) is 6.04 Å². The van der Waals surface area contributed by atoms with Gasteiger partial charge in [-0.2, -0.15) is 0 Å². The third-order valence-electron chi connectivity index (χ3n) is 3.72. The van der Waals surface area contributed by atoms with Crippen LogP contribution in [0, 0.1) is 20.2 Å². The number of nitro groups is 2. The zero-order valence-corrected chi connectivity index (χ0v) is 12.7. The van der Waals surface area contributed by atoms with Gasteiger partial charge in [0.05, 0.1) is 9.85 Å². The number of non-ortho nitro benzene ring substituents is 1. The molecule has 1 atom stereocenters. The Morgan fingerprint density at radius 1 is 0.920 bits per heavy atom. The first-order chi connectivity index (χ1) is 12.0. The van der Waals surface area contributed by atoms with Crippen molar-refractivity contribution in [3.05, 3.63) is 91.6 Å². The van der Waals surface area contributed by atoms with Gasteiger partial charge in [0.1, 0.15) is 11.7 Å². The number of nitrogens with one attached hydrogen (secondary N) is 2. The predicted octanol–water partition coefficient (Wildman–Crippen LogP) is 2.59. The fraction of sp³-hybridized carbons (Fsp3) is 0.0625. The van der Waals surface area contributed by atoms with Crippen LogP contribution in [0.3, 0.4) is 0 Å². The standard InChI is InChI=1S/C16H12N4O5/c21-16-17-13(10-5-2-1-3-6-10)15(20(24)25)14(18-16)11-7-4-8-12(9-11)19(22)23/h1-9,14H,(H2,17,18,21). The molecule has 2 aromatic carbocycles. The molecular formula is C16H12N4O5. The summed E-state index contributed by atoms with van der Waals surface area (Å²) in [4.78, 5) is 33.4. The molecule has 0 aromatic heterocycles. The van der Waals surface area contributed by atoms with Gasteiger partial charge in [-0.25, -0.2) is 4.79 Å². The van der Waals surface area contributed by atoms with E-state index in [1.807, 2.05) is 0 Å². The van der Waals surface area contributed by atoms with Crippen LogP contribution in [-0.2, 0) is 0 Å². The Hall–Kier alpha value is -3.75. The van der Waals surface area contributed by atoms with E-state index in [1.165, 1.54) is 24.3 Å². The molecule has 0 radical (unpaired) electrons. The van der Waals surface area contributed by atoms with E-state index in [9.17, 15) is 25.0 Å². The van der Waals surface area contributed by atoms with E-state index < -0.39 is 21.9 Å². The van der Waals surface area contributed by atoms with E-state index in [0.717, 1.165) is 0 Å². The Labute approximate surface area is 141 Å². The van der Waals surface area contributed by atoms with Crippen molar-refractivity contribution < 1.29 is 14.6 Å². The molecule has 1 aliphatic rings. The summed E-state index contributed by atoms with van der Waals surface area (Å²) < 4.78 is 0. The van der Waals surface area contributed by atoms with Crippen molar-refractivity contribution in [2.75, 3.05) is 0 Å². The fourth-order valence-electron chi connectivity index (χ4n) is 2.64. The number of carbonyl (C=O) groups excluding carboxylic acids is 1. The topological polar surface area (TPSA) is 127 Å². The summed E-state index contributed by atoms with van der Waals surface area (Å²) in [6.45, 7) is 0. The normalized spacial score (nSPS) is 16.8. The van der Waals surface area contributed by atoms with E-state index in [2.05, 4.69) is 10.6 Å². The Balaban J connectivity index is 2.18. The minimum Gasteiger partial charge on any atom is -0.321 e. The van der Waals surface area contributed by atoms with Gasteiger partial charge in [0.15, 0.2) is 0 Å². The van der Waals surface area contributed by atoms with Crippen molar-refractivity contribution in [3.8, 4) is 0 Å². The van der Waals surface area contributed by atoms with Crippen LogP contribution >= 0.6 is 0 Å². The third kappa shape index (κ3) is 3.15.